The summed E-state index contributed by atoms with van der Waals surface area (Å²) in [7, 11) is 0. The van der Waals surface area contributed by atoms with Gasteiger partial charge in [0.1, 0.15) is 0 Å². The SMILES string of the molecule is CCC[C@@H](C(=O)N[C@H](C)c1ccc(F)c(F)c1)c1ccccc1. The smallest absolute Gasteiger partial charge is 0.228 e. The molecule has 0 aliphatic carbocycles. The molecule has 2 aromatic rings. The van der Waals surface area contributed by atoms with Gasteiger partial charge >= 0.3 is 0 Å². The quantitative estimate of drug-likeness (QED) is 0.820. The summed E-state index contributed by atoms with van der Waals surface area (Å²) in [6.45, 7) is 3.79. The summed E-state index contributed by atoms with van der Waals surface area (Å²) >= 11 is 0. The second kappa shape index (κ2) is 7.86. The molecule has 0 bridgehead atoms. The van der Waals surface area contributed by atoms with Crippen molar-refractivity contribution in [2.75, 3.05) is 0 Å². The summed E-state index contributed by atoms with van der Waals surface area (Å²) in [5, 5.41) is 2.90. The molecule has 0 heterocycles. The van der Waals surface area contributed by atoms with Crippen LogP contribution in [0.2, 0.25) is 0 Å². The first-order chi connectivity index (χ1) is 11.0. The molecule has 2 nitrogen and oxygen atoms in total. The molecule has 23 heavy (non-hydrogen) atoms. The van der Waals surface area contributed by atoms with E-state index in [4.69, 9.17) is 0 Å². The molecule has 1 N–H and O–H groups in total. The minimum atomic E-state index is -0.906. The van der Waals surface area contributed by atoms with Crippen LogP contribution in [0.3, 0.4) is 0 Å². The third-order valence-electron chi connectivity index (χ3n) is 3.90. The van der Waals surface area contributed by atoms with Gasteiger partial charge in [0.2, 0.25) is 5.91 Å². The fourth-order valence-corrected chi connectivity index (χ4v) is 2.60. The van der Waals surface area contributed by atoms with Crippen LogP contribution in [-0.2, 0) is 4.79 Å². The molecule has 122 valence electrons. The molecule has 0 saturated carbocycles. The van der Waals surface area contributed by atoms with Gasteiger partial charge in [-0.3, -0.25) is 4.79 Å². The highest BCUT2D eigenvalue weighted by atomic mass is 19.2. The van der Waals surface area contributed by atoms with Crippen molar-refractivity contribution < 1.29 is 13.6 Å². The lowest BCUT2D eigenvalue weighted by molar-refractivity contribution is -0.123. The average Bonchev–Trinajstić information content (AvgIpc) is 2.55. The molecule has 0 aliphatic rings. The number of carbonyl (C=O) groups is 1. The van der Waals surface area contributed by atoms with Gasteiger partial charge in [0, 0.05) is 0 Å². The predicted molar refractivity (Wildman–Crippen MR) is 87.0 cm³/mol. The Morgan fingerprint density at radius 3 is 2.35 bits per heavy atom. The molecule has 0 aromatic heterocycles. The fourth-order valence-electron chi connectivity index (χ4n) is 2.60. The molecular formula is C19H21F2NO. The van der Waals surface area contributed by atoms with Crippen LogP contribution in [0.4, 0.5) is 8.78 Å². The second-order valence-electron chi connectivity index (χ2n) is 5.66. The Hall–Kier alpha value is -2.23. The van der Waals surface area contributed by atoms with E-state index in [1.807, 2.05) is 37.3 Å². The first-order valence-electron chi connectivity index (χ1n) is 7.83. The molecule has 0 spiro atoms. The van der Waals surface area contributed by atoms with E-state index in [0.29, 0.717) is 5.56 Å². The van der Waals surface area contributed by atoms with Crippen molar-refractivity contribution in [3.63, 3.8) is 0 Å². The molecule has 4 heteroatoms. The number of halogens is 2. The van der Waals surface area contributed by atoms with Crippen molar-refractivity contribution >= 4 is 5.91 Å². The van der Waals surface area contributed by atoms with Crippen LogP contribution < -0.4 is 5.32 Å². The molecular weight excluding hydrogens is 296 g/mol. The highest BCUT2D eigenvalue weighted by Gasteiger charge is 2.21. The summed E-state index contributed by atoms with van der Waals surface area (Å²) in [6, 6.07) is 12.9. The minimum absolute atomic E-state index is 0.102. The van der Waals surface area contributed by atoms with Gasteiger partial charge in [-0.1, -0.05) is 49.7 Å². The molecule has 0 fully saturated rings. The highest BCUT2D eigenvalue weighted by Crippen LogP contribution is 2.23. The van der Waals surface area contributed by atoms with Gasteiger partial charge in [-0.2, -0.15) is 0 Å². The molecule has 0 radical (unpaired) electrons. The van der Waals surface area contributed by atoms with Crippen LogP contribution in [0.15, 0.2) is 48.5 Å². The van der Waals surface area contributed by atoms with Crippen LogP contribution in [-0.4, -0.2) is 5.91 Å². The first kappa shape index (κ1) is 17.1. The number of nitrogens with one attached hydrogen (secondary N) is 1. The molecule has 0 aliphatic heterocycles. The van der Waals surface area contributed by atoms with E-state index in [-0.39, 0.29) is 17.9 Å². The number of hydrogen-bond donors (Lipinski definition) is 1. The summed E-state index contributed by atoms with van der Waals surface area (Å²) in [5.41, 5.74) is 1.50. The first-order valence-corrected chi connectivity index (χ1v) is 7.83. The molecule has 1 amide bonds. The monoisotopic (exact) mass is 317 g/mol. The van der Waals surface area contributed by atoms with Crippen LogP contribution in [0, 0.1) is 11.6 Å². The molecule has 0 unspecified atom stereocenters. The van der Waals surface area contributed by atoms with Gasteiger partial charge in [0.25, 0.3) is 0 Å². The van der Waals surface area contributed by atoms with E-state index < -0.39 is 11.6 Å². The van der Waals surface area contributed by atoms with E-state index in [2.05, 4.69) is 5.32 Å². The Morgan fingerprint density at radius 2 is 1.74 bits per heavy atom. The van der Waals surface area contributed by atoms with E-state index in [9.17, 15) is 13.6 Å². The number of rotatable bonds is 6. The Labute approximate surface area is 135 Å². The Morgan fingerprint density at radius 1 is 1.04 bits per heavy atom. The summed E-state index contributed by atoms with van der Waals surface area (Å²) < 4.78 is 26.3. The van der Waals surface area contributed by atoms with Crippen molar-refractivity contribution in [1.29, 1.82) is 0 Å². The van der Waals surface area contributed by atoms with Crippen LogP contribution in [0.1, 0.15) is 49.8 Å². The largest absolute Gasteiger partial charge is 0.349 e. The van der Waals surface area contributed by atoms with Crippen molar-refractivity contribution in [2.24, 2.45) is 0 Å². The fraction of sp³-hybridized carbons (Fsp3) is 0.316. The zero-order chi connectivity index (χ0) is 16.8. The third kappa shape index (κ3) is 4.38. The molecule has 0 saturated heterocycles. The average molecular weight is 317 g/mol. The van der Waals surface area contributed by atoms with E-state index in [1.54, 1.807) is 6.92 Å². The van der Waals surface area contributed by atoms with Gasteiger partial charge < -0.3 is 5.32 Å². The van der Waals surface area contributed by atoms with Crippen LogP contribution in [0.25, 0.3) is 0 Å². The van der Waals surface area contributed by atoms with Gasteiger partial charge in [0.05, 0.1) is 12.0 Å². The van der Waals surface area contributed by atoms with Gasteiger partial charge in [0.15, 0.2) is 11.6 Å². The van der Waals surface area contributed by atoms with Crippen molar-refractivity contribution in [3.05, 3.63) is 71.3 Å². The molecule has 2 aromatic carbocycles. The van der Waals surface area contributed by atoms with Gasteiger partial charge in [-0.05, 0) is 36.6 Å². The van der Waals surface area contributed by atoms with Crippen molar-refractivity contribution in [2.45, 2.75) is 38.6 Å². The van der Waals surface area contributed by atoms with Gasteiger partial charge in [-0.25, -0.2) is 8.78 Å². The van der Waals surface area contributed by atoms with E-state index in [0.717, 1.165) is 30.5 Å². The summed E-state index contributed by atoms with van der Waals surface area (Å²) in [4.78, 5) is 12.6. The Balaban J connectivity index is 2.13. The third-order valence-corrected chi connectivity index (χ3v) is 3.90. The van der Waals surface area contributed by atoms with Crippen LogP contribution >= 0.6 is 0 Å². The maximum absolute atomic E-state index is 13.3. The van der Waals surface area contributed by atoms with Crippen molar-refractivity contribution in [1.82, 2.24) is 5.32 Å². The molecule has 2 atom stereocenters. The standard InChI is InChI=1S/C19H21F2NO/c1-3-7-16(14-8-5-4-6-9-14)19(23)22-13(2)15-10-11-17(20)18(21)12-15/h4-6,8-13,16H,3,7H2,1-2H3,(H,22,23)/t13-,16-/m1/s1. The van der Waals surface area contributed by atoms with Crippen LogP contribution in [0.5, 0.6) is 0 Å². The zero-order valence-corrected chi connectivity index (χ0v) is 13.4. The normalized spacial score (nSPS) is 13.4. The Kier molecular flexibility index (Phi) is 5.85. The lowest BCUT2D eigenvalue weighted by atomic mass is 9.93. The topological polar surface area (TPSA) is 29.1 Å². The lowest BCUT2D eigenvalue weighted by Gasteiger charge is -2.21. The minimum Gasteiger partial charge on any atom is -0.349 e. The zero-order valence-electron chi connectivity index (χ0n) is 13.4. The van der Waals surface area contributed by atoms with E-state index in [1.165, 1.54) is 6.07 Å². The predicted octanol–water partition coefficient (Wildman–Crippen LogP) is 4.73. The Bertz CT molecular complexity index is 658. The summed E-state index contributed by atoms with van der Waals surface area (Å²) in [6.07, 6.45) is 1.62. The van der Waals surface area contributed by atoms with E-state index >= 15 is 0 Å². The second-order valence-corrected chi connectivity index (χ2v) is 5.66. The molecule has 2 rings (SSSR count). The lowest BCUT2D eigenvalue weighted by Crippen LogP contribution is -2.31. The maximum atomic E-state index is 13.3. The number of amides is 1. The summed E-state index contributed by atoms with van der Waals surface area (Å²) in [5.74, 6) is -2.14. The number of benzene rings is 2. The number of hydrogen-bond acceptors (Lipinski definition) is 1. The highest BCUT2D eigenvalue weighted by molar-refractivity contribution is 5.84. The van der Waals surface area contributed by atoms with Gasteiger partial charge in [-0.15, -0.1) is 0 Å². The number of carbonyl (C=O) groups excluding carboxylic acids is 1. The van der Waals surface area contributed by atoms with Crippen molar-refractivity contribution in [3.8, 4) is 0 Å². The maximum Gasteiger partial charge on any atom is 0.228 e.